The fourth-order valence-corrected chi connectivity index (χ4v) is 5.36. The van der Waals surface area contributed by atoms with Crippen LogP contribution in [-0.4, -0.2) is 32.9 Å². The van der Waals surface area contributed by atoms with Crippen molar-refractivity contribution in [3.8, 4) is 0 Å². The van der Waals surface area contributed by atoms with Crippen LogP contribution in [0.3, 0.4) is 0 Å². The van der Waals surface area contributed by atoms with E-state index in [-0.39, 0.29) is 6.10 Å². The summed E-state index contributed by atoms with van der Waals surface area (Å²) in [4.78, 5) is 0. The Labute approximate surface area is 112 Å². The molecule has 8 heteroatoms. The molecule has 7 nitrogen and oxygen atoms in total. The van der Waals surface area contributed by atoms with Crippen molar-refractivity contribution in [3.05, 3.63) is 12.7 Å². The summed E-state index contributed by atoms with van der Waals surface area (Å²) in [6.07, 6.45) is 7.73. The van der Waals surface area contributed by atoms with Gasteiger partial charge in [0.1, 0.15) is 12.7 Å². The zero-order chi connectivity index (χ0) is 13.3. The van der Waals surface area contributed by atoms with Crippen molar-refractivity contribution in [3.63, 3.8) is 0 Å². The maximum Gasteiger partial charge on any atom is 0.357 e. The van der Waals surface area contributed by atoms with Crippen molar-refractivity contribution in [1.82, 2.24) is 14.9 Å². The molecular weight excluding hydrogens is 267 g/mol. The lowest BCUT2D eigenvalue weighted by Gasteiger charge is -2.40. The van der Waals surface area contributed by atoms with Crippen LogP contribution < -0.4 is 5.43 Å². The minimum Gasteiger partial charge on any atom is -0.305 e. The summed E-state index contributed by atoms with van der Waals surface area (Å²) in [6, 6.07) is 0. The molecule has 0 spiro atoms. The summed E-state index contributed by atoms with van der Waals surface area (Å²) in [5.41, 5.74) is 3.26. The van der Waals surface area contributed by atoms with Crippen molar-refractivity contribution >= 4 is 7.60 Å². The highest BCUT2D eigenvalue weighted by Gasteiger charge is 2.55. The highest BCUT2D eigenvalue weighted by atomic mass is 31.2. The molecule has 1 saturated carbocycles. The topological polar surface area (TPSA) is 78.3 Å². The van der Waals surface area contributed by atoms with Gasteiger partial charge in [-0.25, -0.2) is 4.68 Å². The summed E-state index contributed by atoms with van der Waals surface area (Å²) < 4.78 is 25.9. The van der Waals surface area contributed by atoms with Crippen molar-refractivity contribution in [2.75, 3.05) is 12.0 Å². The molecule has 1 aliphatic heterocycles. The lowest BCUT2D eigenvalue weighted by molar-refractivity contribution is 0.241. The molecule has 0 aromatic carbocycles. The smallest absolute Gasteiger partial charge is 0.305 e. The van der Waals surface area contributed by atoms with E-state index < -0.39 is 12.9 Å². The van der Waals surface area contributed by atoms with Crippen LogP contribution in [0.1, 0.15) is 39.0 Å². The first-order valence-electron chi connectivity index (χ1n) is 6.69. The number of nitrogens with zero attached hydrogens (tertiary/aromatic N) is 3. The van der Waals surface area contributed by atoms with E-state index >= 15 is 0 Å². The van der Waals surface area contributed by atoms with E-state index in [1.54, 1.807) is 17.3 Å². The molecule has 106 valence electrons. The van der Waals surface area contributed by atoms with Gasteiger partial charge in [0, 0.05) is 0 Å². The third-order valence-electron chi connectivity index (χ3n) is 3.76. The van der Waals surface area contributed by atoms with Crippen LogP contribution in [0.25, 0.3) is 0 Å². The fourth-order valence-electron chi connectivity index (χ4n) is 2.81. The third-order valence-corrected chi connectivity index (χ3v) is 6.48. The first-order chi connectivity index (χ1) is 9.14. The molecule has 1 aromatic rings. The van der Waals surface area contributed by atoms with Gasteiger partial charge in [-0.05, 0) is 19.8 Å². The van der Waals surface area contributed by atoms with E-state index in [0.29, 0.717) is 6.61 Å². The van der Waals surface area contributed by atoms with Crippen molar-refractivity contribution in [1.29, 1.82) is 0 Å². The standard InChI is InChI=1S/C11H19N4O3P/c1-10-7-17-19(16,18-10)11(5-3-2-4-6-11)14-15-8-12-13-9-15/h8-10,14H,2-7H2,1H3/t10-,19-/m1/s1. The Morgan fingerprint density at radius 3 is 2.58 bits per heavy atom. The van der Waals surface area contributed by atoms with Gasteiger partial charge >= 0.3 is 7.60 Å². The molecule has 2 fully saturated rings. The van der Waals surface area contributed by atoms with Crippen molar-refractivity contribution in [2.24, 2.45) is 0 Å². The lowest BCUT2D eigenvalue weighted by atomic mass is 9.95. The molecule has 0 radical (unpaired) electrons. The van der Waals surface area contributed by atoms with Crippen molar-refractivity contribution < 1.29 is 13.6 Å². The van der Waals surface area contributed by atoms with Gasteiger partial charge in [-0.1, -0.05) is 19.3 Å². The van der Waals surface area contributed by atoms with E-state index in [0.717, 1.165) is 32.1 Å². The quantitative estimate of drug-likeness (QED) is 0.857. The summed E-state index contributed by atoms with van der Waals surface area (Å²) in [5, 5.41) is 6.87. The van der Waals surface area contributed by atoms with Gasteiger partial charge < -0.3 is 14.5 Å². The Kier molecular flexibility index (Phi) is 3.37. The molecule has 2 heterocycles. The molecular formula is C11H19N4O3P. The Morgan fingerprint density at radius 1 is 1.32 bits per heavy atom. The third kappa shape index (κ3) is 2.30. The van der Waals surface area contributed by atoms with Crippen LogP contribution in [0, 0.1) is 0 Å². The summed E-state index contributed by atoms with van der Waals surface area (Å²) in [5.74, 6) is 0. The van der Waals surface area contributed by atoms with Gasteiger partial charge in [0.2, 0.25) is 0 Å². The van der Waals surface area contributed by atoms with E-state index in [1.807, 2.05) is 6.92 Å². The van der Waals surface area contributed by atoms with Crippen molar-refractivity contribution in [2.45, 2.75) is 50.4 Å². The minimum absolute atomic E-state index is 0.118. The zero-order valence-electron chi connectivity index (χ0n) is 11.0. The van der Waals surface area contributed by atoms with E-state index in [1.165, 1.54) is 0 Å². The molecule has 3 rings (SSSR count). The fraction of sp³-hybridized carbons (Fsp3) is 0.818. The minimum atomic E-state index is -3.16. The van der Waals surface area contributed by atoms with E-state index in [2.05, 4.69) is 15.6 Å². The summed E-state index contributed by atoms with van der Waals surface area (Å²) in [7, 11) is -3.16. The van der Waals surface area contributed by atoms with Gasteiger partial charge in [-0.2, -0.15) is 0 Å². The molecule has 1 aromatic heterocycles. The van der Waals surface area contributed by atoms with Crippen LogP contribution in [-0.2, 0) is 13.6 Å². The summed E-state index contributed by atoms with van der Waals surface area (Å²) in [6.45, 7) is 2.28. The molecule has 1 aliphatic carbocycles. The highest BCUT2D eigenvalue weighted by molar-refractivity contribution is 7.56. The van der Waals surface area contributed by atoms with Gasteiger partial charge in [-0.15, -0.1) is 10.2 Å². The normalized spacial score (nSPS) is 34.3. The Morgan fingerprint density at radius 2 is 2.00 bits per heavy atom. The van der Waals surface area contributed by atoms with Gasteiger partial charge in [-0.3, -0.25) is 4.57 Å². The largest absolute Gasteiger partial charge is 0.357 e. The van der Waals surface area contributed by atoms with Crippen LogP contribution in [0.15, 0.2) is 12.7 Å². The highest BCUT2D eigenvalue weighted by Crippen LogP contribution is 2.67. The Balaban J connectivity index is 1.90. The molecule has 0 unspecified atom stereocenters. The molecule has 2 aliphatic rings. The number of hydrogen-bond donors (Lipinski definition) is 1. The van der Waals surface area contributed by atoms with Crippen LogP contribution >= 0.6 is 7.60 Å². The van der Waals surface area contributed by atoms with Gasteiger partial charge in [0.25, 0.3) is 0 Å². The molecule has 0 amide bonds. The Hall–Kier alpha value is -0.910. The average molecular weight is 286 g/mol. The zero-order valence-corrected chi connectivity index (χ0v) is 11.9. The SMILES string of the molecule is C[C@@H]1CO[P@](=O)(C2(Nn3cnnc3)CCCCC2)O1. The molecule has 2 atom stereocenters. The maximum absolute atomic E-state index is 13.1. The summed E-state index contributed by atoms with van der Waals surface area (Å²) >= 11 is 0. The second-order valence-electron chi connectivity index (χ2n) is 5.28. The Bertz CT molecular complexity index is 472. The second kappa shape index (κ2) is 4.89. The lowest BCUT2D eigenvalue weighted by Crippen LogP contribution is -2.44. The number of hydrogen-bond acceptors (Lipinski definition) is 6. The molecule has 0 bridgehead atoms. The van der Waals surface area contributed by atoms with Crippen LogP contribution in [0.2, 0.25) is 0 Å². The van der Waals surface area contributed by atoms with Gasteiger partial charge in [0.15, 0.2) is 5.28 Å². The first-order valence-corrected chi connectivity index (χ1v) is 8.24. The molecule has 1 N–H and O–H groups in total. The number of nitrogens with one attached hydrogen (secondary N) is 1. The van der Waals surface area contributed by atoms with Crippen LogP contribution in [0.4, 0.5) is 0 Å². The number of aromatic nitrogens is 3. The molecule has 19 heavy (non-hydrogen) atoms. The van der Waals surface area contributed by atoms with Gasteiger partial charge in [0.05, 0.1) is 12.7 Å². The molecule has 1 saturated heterocycles. The number of rotatable bonds is 3. The average Bonchev–Trinajstić information content (AvgIpc) is 3.01. The van der Waals surface area contributed by atoms with Crippen LogP contribution in [0.5, 0.6) is 0 Å². The first kappa shape index (κ1) is 13.1. The predicted octanol–water partition coefficient (Wildman–Crippen LogP) is 2.11. The second-order valence-corrected chi connectivity index (χ2v) is 7.60. The van der Waals surface area contributed by atoms with E-state index in [4.69, 9.17) is 9.05 Å². The van der Waals surface area contributed by atoms with E-state index in [9.17, 15) is 4.57 Å². The predicted molar refractivity (Wildman–Crippen MR) is 69.3 cm³/mol. The maximum atomic E-state index is 13.1. The monoisotopic (exact) mass is 286 g/mol.